The molecule has 1 heterocycles. The van der Waals surface area contributed by atoms with Crippen LogP contribution >= 0.6 is 11.8 Å². The molecule has 0 N–H and O–H groups in total. The number of aryl methyl sites for hydroxylation is 1. The van der Waals surface area contributed by atoms with Gasteiger partial charge in [0.25, 0.3) is 0 Å². The summed E-state index contributed by atoms with van der Waals surface area (Å²) in [6, 6.07) is 22.1. The molecule has 2 aromatic carbocycles. The number of thioether (sulfide) groups is 1. The summed E-state index contributed by atoms with van der Waals surface area (Å²) in [4.78, 5) is 16.9. The topological polar surface area (TPSA) is 63.0 Å². The van der Waals surface area contributed by atoms with Gasteiger partial charge in [0.1, 0.15) is 16.3 Å². The van der Waals surface area contributed by atoms with E-state index >= 15 is 0 Å². The van der Waals surface area contributed by atoms with Crippen molar-refractivity contribution in [2.45, 2.75) is 31.0 Å². The van der Waals surface area contributed by atoms with Gasteiger partial charge in [0.15, 0.2) is 0 Å². The number of carbonyl (C=O) groups excluding carboxylic acids is 1. The quantitative estimate of drug-likeness (QED) is 0.394. The predicted octanol–water partition coefficient (Wildman–Crippen LogP) is 5.64. The number of hydrogen-bond acceptors (Lipinski definition) is 5. The minimum absolute atomic E-state index is 0.315. The van der Waals surface area contributed by atoms with Crippen LogP contribution in [0.4, 0.5) is 0 Å². The molecule has 5 heteroatoms. The van der Waals surface area contributed by atoms with Crippen LogP contribution in [0.3, 0.4) is 0 Å². The molecule has 3 aromatic rings. The summed E-state index contributed by atoms with van der Waals surface area (Å²) in [5.41, 5.74) is 5.09. The maximum atomic E-state index is 12.1. The zero-order valence-electron chi connectivity index (χ0n) is 16.7. The second-order valence-electron chi connectivity index (χ2n) is 6.59. The molecule has 0 radical (unpaired) electrons. The lowest BCUT2D eigenvalue weighted by Crippen LogP contribution is -2.17. The van der Waals surface area contributed by atoms with Crippen molar-refractivity contribution in [3.05, 3.63) is 71.8 Å². The van der Waals surface area contributed by atoms with Crippen LogP contribution < -0.4 is 0 Å². The van der Waals surface area contributed by atoms with Crippen molar-refractivity contribution >= 4 is 17.7 Å². The molecular weight excluding hydrogens is 380 g/mol. The Bertz CT molecular complexity index is 1040. The summed E-state index contributed by atoms with van der Waals surface area (Å²) in [5.74, 6) is -0.315. The van der Waals surface area contributed by atoms with Gasteiger partial charge in [-0.3, -0.25) is 4.79 Å². The standard InChI is InChI=1S/C24H22N2O2S/c1-4-28-24(27)17(3)29-23-21(15-25)20(18-8-6-5-7-9-18)14-22(26-23)19-12-10-16(2)11-13-19/h5-14,17H,4H2,1-3H3/t17-/m0/s1. The third kappa shape index (κ3) is 4.85. The van der Waals surface area contributed by atoms with Gasteiger partial charge < -0.3 is 4.74 Å². The molecule has 3 rings (SSSR count). The van der Waals surface area contributed by atoms with Crippen LogP contribution in [-0.2, 0) is 9.53 Å². The van der Waals surface area contributed by atoms with E-state index in [0.29, 0.717) is 17.2 Å². The molecule has 0 spiro atoms. The van der Waals surface area contributed by atoms with Gasteiger partial charge in [-0.05, 0) is 32.4 Å². The van der Waals surface area contributed by atoms with Crippen LogP contribution in [0, 0.1) is 18.3 Å². The molecule has 1 atom stereocenters. The number of benzene rings is 2. The Morgan fingerprint density at radius 1 is 1.14 bits per heavy atom. The van der Waals surface area contributed by atoms with Crippen molar-refractivity contribution in [3.63, 3.8) is 0 Å². The molecule has 29 heavy (non-hydrogen) atoms. The molecule has 0 fully saturated rings. The first-order valence-corrected chi connectivity index (χ1v) is 10.3. The maximum absolute atomic E-state index is 12.1. The highest BCUT2D eigenvalue weighted by molar-refractivity contribution is 8.00. The highest BCUT2D eigenvalue weighted by Crippen LogP contribution is 2.35. The Morgan fingerprint density at radius 3 is 2.45 bits per heavy atom. The minimum Gasteiger partial charge on any atom is -0.465 e. The van der Waals surface area contributed by atoms with Crippen molar-refractivity contribution in [1.29, 1.82) is 5.26 Å². The fourth-order valence-electron chi connectivity index (χ4n) is 2.91. The average molecular weight is 403 g/mol. The highest BCUT2D eigenvalue weighted by Gasteiger charge is 2.22. The fourth-order valence-corrected chi connectivity index (χ4v) is 3.83. The van der Waals surface area contributed by atoms with E-state index in [-0.39, 0.29) is 5.97 Å². The van der Waals surface area contributed by atoms with Gasteiger partial charge in [-0.1, -0.05) is 71.9 Å². The summed E-state index contributed by atoms with van der Waals surface area (Å²) >= 11 is 1.26. The molecule has 0 aliphatic rings. The zero-order chi connectivity index (χ0) is 20.8. The second kappa shape index (κ2) is 9.40. The Labute approximate surface area is 175 Å². The van der Waals surface area contributed by atoms with Gasteiger partial charge in [-0.2, -0.15) is 5.26 Å². The molecule has 0 saturated heterocycles. The van der Waals surface area contributed by atoms with Crippen LogP contribution in [0.15, 0.2) is 65.7 Å². The number of nitrogens with zero attached hydrogens (tertiary/aromatic N) is 2. The molecule has 0 bridgehead atoms. The van der Waals surface area contributed by atoms with Crippen LogP contribution in [0.1, 0.15) is 25.0 Å². The minimum atomic E-state index is -0.466. The molecule has 0 unspecified atom stereocenters. The third-order valence-corrected chi connectivity index (χ3v) is 5.50. The van der Waals surface area contributed by atoms with Crippen molar-refractivity contribution < 1.29 is 9.53 Å². The predicted molar refractivity (Wildman–Crippen MR) is 117 cm³/mol. The summed E-state index contributed by atoms with van der Waals surface area (Å²) in [5, 5.41) is 9.96. The van der Waals surface area contributed by atoms with E-state index in [9.17, 15) is 10.1 Å². The fraction of sp³-hybridized carbons (Fsp3) is 0.208. The molecule has 0 amide bonds. The van der Waals surface area contributed by atoms with E-state index < -0.39 is 5.25 Å². The number of esters is 1. The first-order valence-electron chi connectivity index (χ1n) is 9.44. The number of ether oxygens (including phenoxy) is 1. The normalized spacial score (nSPS) is 11.5. The van der Waals surface area contributed by atoms with Gasteiger partial charge in [-0.15, -0.1) is 0 Å². The number of aromatic nitrogens is 1. The van der Waals surface area contributed by atoms with Crippen molar-refractivity contribution in [1.82, 2.24) is 4.98 Å². The molecule has 1 aromatic heterocycles. The van der Waals surface area contributed by atoms with Gasteiger partial charge in [0, 0.05) is 11.1 Å². The van der Waals surface area contributed by atoms with Gasteiger partial charge in [0.05, 0.1) is 17.9 Å². The first-order chi connectivity index (χ1) is 14.0. The van der Waals surface area contributed by atoms with E-state index in [0.717, 1.165) is 27.9 Å². The number of hydrogen-bond donors (Lipinski definition) is 0. The molecule has 0 saturated carbocycles. The van der Waals surface area contributed by atoms with E-state index in [1.54, 1.807) is 13.8 Å². The largest absolute Gasteiger partial charge is 0.465 e. The van der Waals surface area contributed by atoms with Crippen LogP contribution in [0.5, 0.6) is 0 Å². The number of pyridine rings is 1. The monoisotopic (exact) mass is 402 g/mol. The van der Waals surface area contributed by atoms with Gasteiger partial charge in [0.2, 0.25) is 0 Å². The van der Waals surface area contributed by atoms with E-state index in [1.165, 1.54) is 11.8 Å². The van der Waals surface area contributed by atoms with E-state index in [2.05, 4.69) is 6.07 Å². The van der Waals surface area contributed by atoms with Crippen molar-refractivity contribution in [2.75, 3.05) is 6.61 Å². The lowest BCUT2D eigenvalue weighted by atomic mass is 9.99. The smallest absolute Gasteiger partial charge is 0.319 e. The molecular formula is C24H22N2O2S. The second-order valence-corrected chi connectivity index (χ2v) is 7.92. The zero-order valence-corrected chi connectivity index (χ0v) is 17.5. The third-order valence-electron chi connectivity index (χ3n) is 4.44. The number of nitriles is 1. The Hall–Kier alpha value is -3.10. The summed E-state index contributed by atoms with van der Waals surface area (Å²) < 4.78 is 5.12. The Morgan fingerprint density at radius 2 is 1.83 bits per heavy atom. The Balaban J connectivity index is 2.15. The summed E-state index contributed by atoms with van der Waals surface area (Å²) in [7, 11) is 0. The highest BCUT2D eigenvalue weighted by atomic mass is 32.2. The van der Waals surface area contributed by atoms with Crippen LogP contribution in [0.2, 0.25) is 0 Å². The van der Waals surface area contributed by atoms with Crippen molar-refractivity contribution in [2.24, 2.45) is 0 Å². The molecule has 0 aliphatic heterocycles. The number of carbonyl (C=O) groups is 1. The average Bonchev–Trinajstić information content (AvgIpc) is 2.74. The lowest BCUT2D eigenvalue weighted by Gasteiger charge is -2.15. The van der Waals surface area contributed by atoms with Crippen LogP contribution in [0.25, 0.3) is 22.4 Å². The molecule has 0 aliphatic carbocycles. The number of rotatable bonds is 6. The summed E-state index contributed by atoms with van der Waals surface area (Å²) in [6.07, 6.45) is 0. The van der Waals surface area contributed by atoms with Gasteiger partial charge >= 0.3 is 5.97 Å². The van der Waals surface area contributed by atoms with E-state index in [4.69, 9.17) is 9.72 Å². The van der Waals surface area contributed by atoms with Crippen LogP contribution in [-0.4, -0.2) is 22.8 Å². The van der Waals surface area contributed by atoms with Gasteiger partial charge in [-0.25, -0.2) is 4.98 Å². The maximum Gasteiger partial charge on any atom is 0.319 e. The molecule has 4 nitrogen and oxygen atoms in total. The Kier molecular flexibility index (Phi) is 6.69. The SMILES string of the molecule is CCOC(=O)[C@H](C)Sc1nc(-c2ccc(C)cc2)cc(-c2ccccc2)c1C#N. The van der Waals surface area contributed by atoms with Crippen molar-refractivity contribution in [3.8, 4) is 28.5 Å². The first kappa shape index (κ1) is 20.6. The molecule has 146 valence electrons. The summed E-state index contributed by atoms with van der Waals surface area (Å²) in [6.45, 7) is 5.90. The van der Waals surface area contributed by atoms with E-state index in [1.807, 2.05) is 67.6 Å². The lowest BCUT2D eigenvalue weighted by molar-refractivity contribution is -0.142.